The number of aromatic amines is 1. The molecule has 3 aromatic carbocycles. The third-order valence-electron chi connectivity index (χ3n) is 6.37. The number of aromatic nitrogens is 2. The molecular formula is C29H29N3O2. The molecule has 0 aliphatic rings. The lowest BCUT2D eigenvalue weighted by Crippen LogP contribution is -2.12. The summed E-state index contributed by atoms with van der Waals surface area (Å²) in [6, 6.07) is 20.7. The third kappa shape index (κ3) is 4.34. The largest absolute Gasteiger partial charge is 0.441 e. The van der Waals surface area contributed by atoms with Crippen LogP contribution in [-0.4, -0.2) is 15.9 Å². The number of benzene rings is 3. The van der Waals surface area contributed by atoms with Crippen molar-refractivity contribution in [3.63, 3.8) is 0 Å². The van der Waals surface area contributed by atoms with Gasteiger partial charge in [-0.15, -0.1) is 0 Å². The van der Waals surface area contributed by atoms with Crippen LogP contribution in [0.2, 0.25) is 0 Å². The van der Waals surface area contributed by atoms with E-state index in [-0.39, 0.29) is 5.91 Å². The van der Waals surface area contributed by atoms with Crippen molar-refractivity contribution in [1.29, 1.82) is 0 Å². The molecule has 0 saturated carbocycles. The van der Waals surface area contributed by atoms with Gasteiger partial charge >= 0.3 is 0 Å². The maximum atomic E-state index is 12.6. The number of rotatable bonds is 7. The van der Waals surface area contributed by atoms with Crippen LogP contribution in [0.5, 0.6) is 0 Å². The number of fused-ring (bicyclic) bond motifs is 3. The van der Waals surface area contributed by atoms with Crippen LogP contribution >= 0.6 is 0 Å². The minimum atomic E-state index is -0.0641. The Bertz CT molecular complexity index is 1460. The van der Waals surface area contributed by atoms with Crippen LogP contribution in [-0.2, 0) is 17.6 Å². The smallest absolute Gasteiger partial charge is 0.224 e. The number of amides is 1. The number of oxazole rings is 1. The zero-order valence-electron chi connectivity index (χ0n) is 19.8. The molecular weight excluding hydrogens is 422 g/mol. The summed E-state index contributed by atoms with van der Waals surface area (Å²) in [6.45, 7) is 6.51. The molecule has 2 aromatic heterocycles. The van der Waals surface area contributed by atoms with Gasteiger partial charge in [0, 0.05) is 45.9 Å². The molecule has 5 aromatic rings. The Hall–Kier alpha value is -3.86. The summed E-state index contributed by atoms with van der Waals surface area (Å²) in [6.07, 6.45) is 3.45. The zero-order chi connectivity index (χ0) is 23.7. The van der Waals surface area contributed by atoms with E-state index < -0.39 is 0 Å². The average Bonchev–Trinajstić information content (AvgIpc) is 3.47. The summed E-state index contributed by atoms with van der Waals surface area (Å²) in [5.41, 5.74) is 6.54. The molecule has 0 spiro atoms. The molecule has 0 aliphatic carbocycles. The first-order valence-corrected chi connectivity index (χ1v) is 11.9. The van der Waals surface area contributed by atoms with E-state index in [0.29, 0.717) is 24.7 Å². The summed E-state index contributed by atoms with van der Waals surface area (Å²) in [4.78, 5) is 20.5. The number of nitrogens with zero attached hydrogens (tertiary/aromatic N) is 1. The summed E-state index contributed by atoms with van der Waals surface area (Å²) in [5, 5.41) is 5.38. The molecule has 0 fully saturated rings. The number of H-pyrrole nitrogens is 1. The predicted molar refractivity (Wildman–Crippen MR) is 138 cm³/mol. The summed E-state index contributed by atoms with van der Waals surface area (Å²) in [5.74, 6) is 1.71. The first-order chi connectivity index (χ1) is 16.5. The van der Waals surface area contributed by atoms with Gasteiger partial charge in [0.25, 0.3) is 0 Å². The van der Waals surface area contributed by atoms with E-state index in [4.69, 9.17) is 4.42 Å². The van der Waals surface area contributed by atoms with Crippen molar-refractivity contribution in [1.82, 2.24) is 9.97 Å². The normalized spacial score (nSPS) is 11.5. The lowest BCUT2D eigenvalue weighted by Gasteiger charge is -2.05. The Morgan fingerprint density at radius 1 is 1.06 bits per heavy atom. The van der Waals surface area contributed by atoms with Crippen LogP contribution in [0.25, 0.3) is 33.1 Å². The first kappa shape index (κ1) is 22.0. The summed E-state index contributed by atoms with van der Waals surface area (Å²) < 4.78 is 5.89. The highest BCUT2D eigenvalue weighted by Gasteiger charge is 2.12. The Labute approximate surface area is 199 Å². The van der Waals surface area contributed by atoms with Gasteiger partial charge < -0.3 is 14.7 Å². The van der Waals surface area contributed by atoms with Crippen LogP contribution in [0.15, 0.2) is 71.3 Å². The molecule has 2 N–H and O–H groups in total. The number of hydrogen-bond donors (Lipinski definition) is 2. The minimum Gasteiger partial charge on any atom is -0.441 e. The Balaban J connectivity index is 1.24. The van der Waals surface area contributed by atoms with Crippen LogP contribution < -0.4 is 5.32 Å². The number of aryl methyl sites for hydroxylation is 2. The number of carbonyl (C=O) groups is 1. The minimum absolute atomic E-state index is 0.0641. The van der Waals surface area contributed by atoms with E-state index in [1.54, 1.807) is 6.20 Å². The SMILES string of the molecule is CCc1cccc2c1[nH]c1cc(NC(=O)CCc3ncc(-c4ccc(C(C)C)cc4)o3)ccc12. The van der Waals surface area contributed by atoms with E-state index in [1.807, 2.05) is 12.1 Å². The van der Waals surface area contributed by atoms with Crippen molar-refractivity contribution in [2.75, 3.05) is 5.32 Å². The molecule has 0 bridgehead atoms. The zero-order valence-corrected chi connectivity index (χ0v) is 19.8. The molecule has 34 heavy (non-hydrogen) atoms. The van der Waals surface area contributed by atoms with E-state index in [9.17, 15) is 4.79 Å². The maximum absolute atomic E-state index is 12.6. The fourth-order valence-electron chi connectivity index (χ4n) is 4.40. The number of carbonyl (C=O) groups excluding carboxylic acids is 1. The third-order valence-corrected chi connectivity index (χ3v) is 6.37. The lowest BCUT2D eigenvalue weighted by molar-refractivity contribution is -0.116. The molecule has 0 aliphatic heterocycles. The van der Waals surface area contributed by atoms with Crippen molar-refractivity contribution in [3.05, 3.63) is 83.9 Å². The van der Waals surface area contributed by atoms with Crippen LogP contribution in [0.4, 0.5) is 5.69 Å². The molecule has 5 heteroatoms. The fraction of sp³-hybridized carbons (Fsp3) is 0.241. The summed E-state index contributed by atoms with van der Waals surface area (Å²) in [7, 11) is 0. The molecule has 5 nitrogen and oxygen atoms in total. The van der Waals surface area contributed by atoms with Gasteiger partial charge in [-0.25, -0.2) is 4.98 Å². The Kier molecular flexibility index (Phi) is 5.93. The van der Waals surface area contributed by atoms with Gasteiger partial charge in [-0.2, -0.15) is 0 Å². The lowest BCUT2D eigenvalue weighted by atomic mass is 10.0. The molecule has 2 heterocycles. The standard InChI is InChI=1S/C29H29N3O2/c1-4-19-6-5-7-24-23-13-12-22(16-25(23)32-29(19)24)31-27(33)14-15-28-30-17-26(34-28)21-10-8-20(9-11-21)18(2)3/h5-13,16-18,32H,4,14-15H2,1-3H3,(H,31,33). The van der Waals surface area contributed by atoms with Crippen LogP contribution in [0.1, 0.15) is 50.1 Å². The Morgan fingerprint density at radius 2 is 1.88 bits per heavy atom. The quantitative estimate of drug-likeness (QED) is 0.274. The fourth-order valence-corrected chi connectivity index (χ4v) is 4.40. The van der Waals surface area contributed by atoms with Gasteiger partial charge in [0.15, 0.2) is 11.7 Å². The highest BCUT2D eigenvalue weighted by Crippen LogP contribution is 2.30. The van der Waals surface area contributed by atoms with E-state index in [0.717, 1.165) is 34.3 Å². The number of nitrogens with one attached hydrogen (secondary N) is 2. The molecule has 5 rings (SSSR count). The van der Waals surface area contributed by atoms with Crippen molar-refractivity contribution >= 4 is 33.4 Å². The second-order valence-corrected chi connectivity index (χ2v) is 9.02. The molecule has 0 unspecified atom stereocenters. The van der Waals surface area contributed by atoms with Gasteiger partial charge in [-0.05, 0) is 35.6 Å². The summed E-state index contributed by atoms with van der Waals surface area (Å²) >= 11 is 0. The van der Waals surface area contributed by atoms with Crippen LogP contribution in [0, 0.1) is 0 Å². The van der Waals surface area contributed by atoms with Gasteiger partial charge in [0.05, 0.1) is 6.20 Å². The molecule has 0 atom stereocenters. The van der Waals surface area contributed by atoms with Crippen LogP contribution in [0.3, 0.4) is 0 Å². The number of para-hydroxylation sites is 1. The first-order valence-electron chi connectivity index (χ1n) is 11.9. The maximum Gasteiger partial charge on any atom is 0.224 e. The van der Waals surface area contributed by atoms with Crippen molar-refractivity contribution < 1.29 is 9.21 Å². The topological polar surface area (TPSA) is 70.9 Å². The highest BCUT2D eigenvalue weighted by atomic mass is 16.4. The van der Waals surface area contributed by atoms with Crippen molar-refractivity contribution in [3.8, 4) is 11.3 Å². The molecule has 172 valence electrons. The van der Waals surface area contributed by atoms with E-state index in [2.05, 4.69) is 84.6 Å². The molecule has 0 radical (unpaired) electrons. The molecule has 0 saturated heterocycles. The second kappa shape index (κ2) is 9.18. The van der Waals surface area contributed by atoms with E-state index in [1.165, 1.54) is 22.0 Å². The highest BCUT2D eigenvalue weighted by molar-refractivity contribution is 6.09. The molecule has 1 amide bonds. The monoisotopic (exact) mass is 451 g/mol. The van der Waals surface area contributed by atoms with Crippen molar-refractivity contribution in [2.45, 2.75) is 46.0 Å². The predicted octanol–water partition coefficient (Wildman–Crippen LogP) is 7.23. The van der Waals surface area contributed by atoms with Gasteiger partial charge in [0.2, 0.25) is 5.91 Å². The van der Waals surface area contributed by atoms with Crippen molar-refractivity contribution in [2.24, 2.45) is 0 Å². The van der Waals surface area contributed by atoms with E-state index >= 15 is 0 Å². The van der Waals surface area contributed by atoms with Gasteiger partial charge in [-0.3, -0.25) is 4.79 Å². The van der Waals surface area contributed by atoms with Gasteiger partial charge in [-0.1, -0.05) is 69.3 Å². The second-order valence-electron chi connectivity index (χ2n) is 9.02. The number of anilines is 1. The van der Waals surface area contributed by atoms with Gasteiger partial charge in [0.1, 0.15) is 0 Å². The Morgan fingerprint density at radius 3 is 2.65 bits per heavy atom. The number of hydrogen-bond acceptors (Lipinski definition) is 3. The average molecular weight is 452 g/mol.